The van der Waals surface area contributed by atoms with Crippen LogP contribution in [0.25, 0.3) is 0 Å². The molecule has 1 unspecified atom stereocenters. The lowest BCUT2D eigenvalue weighted by Gasteiger charge is -1.99. The van der Waals surface area contributed by atoms with Crippen molar-refractivity contribution in [2.75, 3.05) is 5.75 Å². The van der Waals surface area contributed by atoms with Crippen molar-refractivity contribution in [1.29, 1.82) is 0 Å². The fourth-order valence-corrected chi connectivity index (χ4v) is 2.36. The van der Waals surface area contributed by atoms with Gasteiger partial charge in [0.25, 0.3) is 0 Å². The molecule has 2 N–H and O–H groups in total. The van der Waals surface area contributed by atoms with E-state index in [9.17, 15) is 0 Å². The van der Waals surface area contributed by atoms with Crippen LogP contribution in [0.1, 0.15) is 12.6 Å². The second-order valence-corrected chi connectivity index (χ2v) is 4.67. The number of rotatable bonds is 3. The predicted molar refractivity (Wildman–Crippen MR) is 51.2 cm³/mol. The Kier molecular flexibility index (Phi) is 3.36. The van der Waals surface area contributed by atoms with Crippen LogP contribution >= 0.6 is 23.1 Å². The van der Waals surface area contributed by atoms with Crippen LogP contribution in [0.5, 0.6) is 0 Å². The number of nitrogens with zero attached hydrogens (tertiary/aromatic N) is 1. The smallest absolute Gasteiger partial charge is 0.150 e. The van der Waals surface area contributed by atoms with Crippen molar-refractivity contribution in [3.63, 3.8) is 0 Å². The van der Waals surface area contributed by atoms with E-state index in [-0.39, 0.29) is 6.04 Å². The summed E-state index contributed by atoms with van der Waals surface area (Å²) in [6.07, 6.45) is 0. The van der Waals surface area contributed by atoms with Crippen LogP contribution in [-0.4, -0.2) is 16.8 Å². The van der Waals surface area contributed by atoms with Crippen LogP contribution in [0.2, 0.25) is 0 Å². The first-order valence-electron chi connectivity index (χ1n) is 3.49. The van der Waals surface area contributed by atoms with Gasteiger partial charge < -0.3 is 5.73 Å². The van der Waals surface area contributed by atoms with E-state index < -0.39 is 0 Å². The molecule has 0 aliphatic heterocycles. The molecule has 0 saturated carbocycles. The van der Waals surface area contributed by atoms with Crippen molar-refractivity contribution in [2.45, 2.75) is 24.2 Å². The van der Waals surface area contributed by atoms with Crippen molar-refractivity contribution in [3.8, 4) is 0 Å². The van der Waals surface area contributed by atoms with Gasteiger partial charge in [0.2, 0.25) is 0 Å². The van der Waals surface area contributed by atoms with Crippen LogP contribution in [-0.2, 0) is 0 Å². The van der Waals surface area contributed by atoms with Crippen molar-refractivity contribution in [1.82, 2.24) is 4.98 Å². The van der Waals surface area contributed by atoms with Gasteiger partial charge in [-0.1, -0.05) is 11.8 Å². The fraction of sp³-hybridized carbons (Fsp3) is 0.571. The summed E-state index contributed by atoms with van der Waals surface area (Å²) >= 11 is 3.42. The molecule has 0 radical (unpaired) electrons. The van der Waals surface area contributed by atoms with Crippen molar-refractivity contribution >= 4 is 23.1 Å². The Labute approximate surface area is 75.2 Å². The van der Waals surface area contributed by atoms with Crippen LogP contribution < -0.4 is 5.73 Å². The highest BCUT2D eigenvalue weighted by Crippen LogP contribution is 2.22. The van der Waals surface area contributed by atoms with E-state index in [0.29, 0.717) is 0 Å². The van der Waals surface area contributed by atoms with Gasteiger partial charge in [0, 0.05) is 22.9 Å². The molecule has 0 saturated heterocycles. The van der Waals surface area contributed by atoms with Gasteiger partial charge in [-0.25, -0.2) is 4.98 Å². The SMILES string of the molecule is Cc1csc(SCC(C)N)n1. The molecule has 2 nitrogen and oxygen atoms in total. The quantitative estimate of drug-likeness (QED) is 0.736. The molecule has 0 bridgehead atoms. The maximum atomic E-state index is 5.60. The first-order chi connectivity index (χ1) is 5.18. The van der Waals surface area contributed by atoms with E-state index in [1.807, 2.05) is 13.8 Å². The Morgan fingerprint density at radius 3 is 3.00 bits per heavy atom. The Bertz CT molecular complexity index is 220. The highest BCUT2D eigenvalue weighted by atomic mass is 32.2. The molecule has 1 rings (SSSR count). The van der Waals surface area contributed by atoms with E-state index in [2.05, 4.69) is 10.4 Å². The fourth-order valence-electron chi connectivity index (χ4n) is 0.601. The largest absolute Gasteiger partial charge is 0.327 e. The number of thioether (sulfide) groups is 1. The lowest BCUT2D eigenvalue weighted by molar-refractivity contribution is 0.846. The molecule has 0 amide bonds. The van der Waals surface area contributed by atoms with Gasteiger partial charge >= 0.3 is 0 Å². The van der Waals surface area contributed by atoms with E-state index in [1.165, 1.54) is 0 Å². The third-order valence-corrected chi connectivity index (χ3v) is 3.49. The lowest BCUT2D eigenvalue weighted by Crippen LogP contribution is -2.17. The zero-order valence-electron chi connectivity index (χ0n) is 6.70. The molecule has 1 aromatic heterocycles. The molecule has 11 heavy (non-hydrogen) atoms. The summed E-state index contributed by atoms with van der Waals surface area (Å²) in [4.78, 5) is 4.31. The Morgan fingerprint density at radius 1 is 1.82 bits per heavy atom. The molecule has 1 heterocycles. The molecule has 1 atom stereocenters. The zero-order valence-corrected chi connectivity index (χ0v) is 8.34. The molecule has 4 heteroatoms. The first kappa shape index (κ1) is 9.03. The first-order valence-corrected chi connectivity index (χ1v) is 5.35. The minimum Gasteiger partial charge on any atom is -0.327 e. The number of thiazole rings is 1. The van der Waals surface area contributed by atoms with E-state index in [1.54, 1.807) is 23.1 Å². The van der Waals surface area contributed by atoms with Crippen molar-refractivity contribution in [2.24, 2.45) is 5.73 Å². The van der Waals surface area contributed by atoms with Gasteiger partial charge in [0.05, 0.1) is 0 Å². The highest BCUT2D eigenvalue weighted by Gasteiger charge is 2.00. The molecule has 0 aromatic carbocycles. The maximum Gasteiger partial charge on any atom is 0.150 e. The van der Waals surface area contributed by atoms with Gasteiger partial charge in [-0.2, -0.15) is 0 Å². The summed E-state index contributed by atoms with van der Waals surface area (Å²) in [5.74, 6) is 0.951. The normalized spacial score (nSPS) is 13.4. The molecule has 62 valence electrons. The van der Waals surface area contributed by atoms with Crippen LogP contribution in [0, 0.1) is 6.92 Å². The minimum absolute atomic E-state index is 0.254. The summed E-state index contributed by atoms with van der Waals surface area (Å²) in [5.41, 5.74) is 6.70. The molecular weight excluding hydrogens is 176 g/mol. The van der Waals surface area contributed by atoms with Crippen LogP contribution in [0.4, 0.5) is 0 Å². The Morgan fingerprint density at radius 2 is 2.55 bits per heavy atom. The van der Waals surface area contributed by atoms with Gasteiger partial charge in [0.1, 0.15) is 4.34 Å². The molecule has 0 aliphatic rings. The van der Waals surface area contributed by atoms with Gasteiger partial charge in [-0.15, -0.1) is 11.3 Å². The van der Waals surface area contributed by atoms with Crippen LogP contribution in [0.3, 0.4) is 0 Å². The number of hydrogen-bond donors (Lipinski definition) is 1. The molecule has 1 aromatic rings. The second-order valence-electron chi connectivity index (χ2n) is 2.54. The molecule has 0 fully saturated rings. The summed E-state index contributed by atoms with van der Waals surface area (Å²) in [7, 11) is 0. The third-order valence-electron chi connectivity index (χ3n) is 1.07. The molecule has 0 aliphatic carbocycles. The molecular formula is C7H12N2S2. The Balaban J connectivity index is 2.39. The van der Waals surface area contributed by atoms with Gasteiger partial charge in [-0.3, -0.25) is 0 Å². The van der Waals surface area contributed by atoms with Gasteiger partial charge in [-0.05, 0) is 13.8 Å². The standard InChI is InChI=1S/C7H12N2S2/c1-5(8)3-10-7-9-6(2)4-11-7/h4-5H,3,8H2,1-2H3. The predicted octanol–water partition coefficient (Wildman–Crippen LogP) is 1.89. The number of aryl methyl sites for hydroxylation is 1. The highest BCUT2D eigenvalue weighted by molar-refractivity contribution is 8.01. The topological polar surface area (TPSA) is 38.9 Å². The summed E-state index contributed by atoms with van der Waals surface area (Å²) < 4.78 is 1.12. The second kappa shape index (κ2) is 4.09. The number of hydrogen-bond acceptors (Lipinski definition) is 4. The van der Waals surface area contributed by atoms with Gasteiger partial charge in [0.15, 0.2) is 0 Å². The summed E-state index contributed by atoms with van der Waals surface area (Å²) in [5, 5.41) is 2.06. The van der Waals surface area contributed by atoms with E-state index in [4.69, 9.17) is 5.73 Å². The van der Waals surface area contributed by atoms with Crippen molar-refractivity contribution < 1.29 is 0 Å². The average molecular weight is 188 g/mol. The van der Waals surface area contributed by atoms with Crippen LogP contribution in [0.15, 0.2) is 9.72 Å². The van der Waals surface area contributed by atoms with E-state index >= 15 is 0 Å². The average Bonchev–Trinajstić information content (AvgIpc) is 2.31. The Hall–Kier alpha value is -0.0600. The third kappa shape index (κ3) is 3.22. The number of aromatic nitrogens is 1. The summed E-state index contributed by atoms with van der Waals surface area (Å²) in [6, 6.07) is 0.254. The molecule has 0 spiro atoms. The monoisotopic (exact) mass is 188 g/mol. The number of nitrogens with two attached hydrogens (primary N) is 1. The van der Waals surface area contributed by atoms with Crippen molar-refractivity contribution in [3.05, 3.63) is 11.1 Å². The van der Waals surface area contributed by atoms with E-state index in [0.717, 1.165) is 15.8 Å². The lowest BCUT2D eigenvalue weighted by atomic mass is 10.4. The minimum atomic E-state index is 0.254. The zero-order chi connectivity index (χ0) is 8.27. The maximum absolute atomic E-state index is 5.60. The summed E-state index contributed by atoms with van der Waals surface area (Å²) in [6.45, 7) is 4.01.